The van der Waals surface area contributed by atoms with Crippen LogP contribution >= 0.6 is 0 Å². The van der Waals surface area contributed by atoms with Crippen molar-refractivity contribution in [3.63, 3.8) is 0 Å². The Labute approximate surface area is 144 Å². The number of likely N-dealkylation sites (tertiary alicyclic amines) is 1. The third kappa shape index (κ3) is 3.24. The van der Waals surface area contributed by atoms with Crippen LogP contribution < -0.4 is 0 Å². The minimum absolute atomic E-state index is 0.0158. The van der Waals surface area contributed by atoms with Crippen molar-refractivity contribution < 1.29 is 13.7 Å². The van der Waals surface area contributed by atoms with Gasteiger partial charge in [-0.25, -0.2) is 0 Å². The molecule has 3 heterocycles. The average molecular weight is 335 g/mol. The van der Waals surface area contributed by atoms with Crippen LogP contribution in [-0.2, 0) is 4.79 Å². The molecule has 1 saturated heterocycles. The van der Waals surface area contributed by atoms with E-state index in [0.29, 0.717) is 24.7 Å². The van der Waals surface area contributed by atoms with Crippen molar-refractivity contribution in [3.8, 4) is 0 Å². The van der Waals surface area contributed by atoms with Gasteiger partial charge in [0.15, 0.2) is 5.82 Å². The first kappa shape index (κ1) is 15.4. The van der Waals surface area contributed by atoms with Crippen molar-refractivity contribution in [1.82, 2.24) is 15.0 Å². The monoisotopic (exact) mass is 335 g/mol. The summed E-state index contributed by atoms with van der Waals surface area (Å²) in [6, 6.07) is 13.7. The van der Waals surface area contributed by atoms with E-state index in [1.54, 1.807) is 24.5 Å². The van der Waals surface area contributed by atoms with Crippen LogP contribution in [0.5, 0.6) is 0 Å². The molecule has 126 valence electrons. The largest absolute Gasteiger partial charge is 0.465 e. The smallest absolute Gasteiger partial charge is 0.246 e. The molecule has 0 saturated carbocycles. The third-order valence-electron chi connectivity index (χ3n) is 4.50. The number of rotatable bonds is 4. The molecule has 1 amide bonds. The molecule has 1 aromatic carbocycles. The first-order chi connectivity index (χ1) is 12.3. The molecule has 1 aliphatic heterocycles. The molecule has 0 bridgehead atoms. The Morgan fingerprint density at radius 2 is 1.96 bits per heavy atom. The molecule has 6 nitrogen and oxygen atoms in total. The number of furan rings is 1. The predicted molar refractivity (Wildman–Crippen MR) is 90.5 cm³/mol. The lowest BCUT2D eigenvalue weighted by Crippen LogP contribution is -2.27. The van der Waals surface area contributed by atoms with E-state index in [9.17, 15) is 4.79 Å². The highest BCUT2D eigenvalue weighted by Crippen LogP contribution is 2.38. The van der Waals surface area contributed by atoms with Crippen molar-refractivity contribution >= 4 is 12.0 Å². The fourth-order valence-corrected chi connectivity index (χ4v) is 3.27. The van der Waals surface area contributed by atoms with Crippen LogP contribution in [0.15, 0.2) is 70.1 Å². The molecular weight excluding hydrogens is 318 g/mol. The van der Waals surface area contributed by atoms with Gasteiger partial charge in [0, 0.05) is 31.0 Å². The summed E-state index contributed by atoms with van der Waals surface area (Å²) in [4.78, 5) is 18.6. The van der Waals surface area contributed by atoms with E-state index in [2.05, 4.69) is 22.3 Å². The summed E-state index contributed by atoms with van der Waals surface area (Å²) in [5.74, 6) is 1.39. The Morgan fingerprint density at radius 1 is 1.12 bits per heavy atom. The number of carbonyl (C=O) groups is 1. The number of hydrogen-bond acceptors (Lipinski definition) is 5. The van der Waals surface area contributed by atoms with Gasteiger partial charge in [0.25, 0.3) is 0 Å². The fourth-order valence-electron chi connectivity index (χ4n) is 3.27. The SMILES string of the molecule is O=C(/C=C/c1ccco1)N1C[C@H](c2ccccc2)[C@H](c2ncon2)C1. The summed E-state index contributed by atoms with van der Waals surface area (Å²) < 4.78 is 10.1. The summed E-state index contributed by atoms with van der Waals surface area (Å²) in [5, 5.41) is 4.00. The van der Waals surface area contributed by atoms with Crippen molar-refractivity contribution in [1.29, 1.82) is 0 Å². The Hall–Kier alpha value is -3.15. The van der Waals surface area contributed by atoms with Crippen LogP contribution in [0, 0.1) is 0 Å². The summed E-state index contributed by atoms with van der Waals surface area (Å²) in [7, 11) is 0. The molecule has 0 radical (unpaired) electrons. The first-order valence-electron chi connectivity index (χ1n) is 8.13. The molecule has 0 spiro atoms. The fraction of sp³-hybridized carbons (Fsp3) is 0.211. The quantitative estimate of drug-likeness (QED) is 0.685. The molecule has 0 unspecified atom stereocenters. The number of hydrogen-bond donors (Lipinski definition) is 0. The Bertz CT molecular complexity index is 841. The Morgan fingerprint density at radius 3 is 2.68 bits per heavy atom. The standard InChI is InChI=1S/C19H17N3O3/c23-18(9-8-15-7-4-10-24-15)22-11-16(14-5-2-1-3-6-14)17(12-22)19-20-13-25-21-19/h1-10,13,16-17H,11-12H2/b9-8+/t16-,17-/m1/s1. The number of nitrogens with zero attached hydrogens (tertiary/aromatic N) is 3. The van der Waals surface area contributed by atoms with Gasteiger partial charge in [0.1, 0.15) is 5.76 Å². The molecular formula is C19H17N3O3. The molecule has 0 N–H and O–H groups in total. The zero-order chi connectivity index (χ0) is 17.1. The molecule has 2 atom stereocenters. The van der Waals surface area contributed by atoms with Gasteiger partial charge in [-0.15, -0.1) is 0 Å². The van der Waals surface area contributed by atoms with Crippen LogP contribution in [0.2, 0.25) is 0 Å². The van der Waals surface area contributed by atoms with Crippen LogP contribution in [0.3, 0.4) is 0 Å². The zero-order valence-corrected chi connectivity index (χ0v) is 13.5. The summed E-state index contributed by atoms with van der Waals surface area (Å²) in [5.41, 5.74) is 1.17. The molecule has 1 fully saturated rings. The highest BCUT2D eigenvalue weighted by molar-refractivity contribution is 5.91. The highest BCUT2D eigenvalue weighted by atomic mass is 16.5. The Kier molecular flexibility index (Phi) is 4.16. The maximum absolute atomic E-state index is 12.6. The lowest BCUT2D eigenvalue weighted by Gasteiger charge is -2.15. The molecule has 2 aromatic heterocycles. The van der Waals surface area contributed by atoms with Crippen LogP contribution in [0.1, 0.15) is 29.0 Å². The summed E-state index contributed by atoms with van der Waals surface area (Å²) in [6.45, 7) is 1.17. The number of carbonyl (C=O) groups excluding carboxylic acids is 1. The number of benzene rings is 1. The van der Waals surface area contributed by atoms with E-state index in [4.69, 9.17) is 8.94 Å². The minimum atomic E-state index is -0.0525. The van der Waals surface area contributed by atoms with Gasteiger partial charge in [0.2, 0.25) is 12.3 Å². The summed E-state index contributed by atoms with van der Waals surface area (Å²) >= 11 is 0. The normalized spacial score (nSPS) is 20.4. The predicted octanol–water partition coefficient (Wildman–Crippen LogP) is 3.09. The molecule has 1 aliphatic rings. The van der Waals surface area contributed by atoms with Gasteiger partial charge in [-0.1, -0.05) is 35.5 Å². The number of amides is 1. The topological polar surface area (TPSA) is 72.4 Å². The summed E-state index contributed by atoms with van der Waals surface area (Å²) in [6.07, 6.45) is 6.14. The molecule has 0 aliphatic carbocycles. The van der Waals surface area contributed by atoms with E-state index in [1.807, 2.05) is 29.2 Å². The first-order valence-corrected chi connectivity index (χ1v) is 8.13. The van der Waals surface area contributed by atoms with Crippen LogP contribution in [0.4, 0.5) is 0 Å². The Balaban J connectivity index is 1.56. The zero-order valence-electron chi connectivity index (χ0n) is 13.5. The number of aromatic nitrogens is 2. The van der Waals surface area contributed by atoms with E-state index in [1.165, 1.54) is 12.0 Å². The van der Waals surface area contributed by atoms with Crippen molar-refractivity contribution in [2.75, 3.05) is 13.1 Å². The van der Waals surface area contributed by atoms with Crippen molar-refractivity contribution in [2.24, 2.45) is 0 Å². The van der Waals surface area contributed by atoms with E-state index < -0.39 is 0 Å². The van der Waals surface area contributed by atoms with Crippen LogP contribution in [-0.4, -0.2) is 34.0 Å². The minimum Gasteiger partial charge on any atom is -0.465 e. The van der Waals surface area contributed by atoms with Crippen molar-refractivity contribution in [3.05, 3.63) is 78.3 Å². The van der Waals surface area contributed by atoms with Crippen molar-refractivity contribution in [2.45, 2.75) is 11.8 Å². The van der Waals surface area contributed by atoms with Gasteiger partial charge in [0.05, 0.1) is 6.26 Å². The van der Waals surface area contributed by atoms with E-state index in [0.717, 1.165) is 0 Å². The second-order valence-electron chi connectivity index (χ2n) is 6.01. The molecule has 6 heteroatoms. The van der Waals surface area contributed by atoms with E-state index >= 15 is 0 Å². The molecule has 25 heavy (non-hydrogen) atoms. The lowest BCUT2D eigenvalue weighted by atomic mass is 9.88. The van der Waals surface area contributed by atoms with Gasteiger partial charge in [-0.05, 0) is 23.8 Å². The van der Waals surface area contributed by atoms with Gasteiger partial charge in [-0.2, -0.15) is 4.98 Å². The molecule has 4 rings (SSSR count). The second kappa shape index (κ2) is 6.76. The molecule has 3 aromatic rings. The van der Waals surface area contributed by atoms with Gasteiger partial charge >= 0.3 is 0 Å². The highest BCUT2D eigenvalue weighted by Gasteiger charge is 2.38. The maximum atomic E-state index is 12.6. The van der Waals surface area contributed by atoms with Crippen LogP contribution in [0.25, 0.3) is 6.08 Å². The lowest BCUT2D eigenvalue weighted by molar-refractivity contribution is -0.125. The van der Waals surface area contributed by atoms with Gasteiger partial charge in [-0.3, -0.25) is 4.79 Å². The maximum Gasteiger partial charge on any atom is 0.246 e. The average Bonchev–Trinajstić information content (AvgIpc) is 3.41. The van der Waals surface area contributed by atoms with E-state index in [-0.39, 0.29) is 17.7 Å². The van der Waals surface area contributed by atoms with Gasteiger partial charge < -0.3 is 13.8 Å². The second-order valence-corrected chi connectivity index (χ2v) is 6.01. The third-order valence-corrected chi connectivity index (χ3v) is 4.50.